The molecule has 65 heavy (non-hydrogen) atoms. The second-order valence-corrected chi connectivity index (χ2v) is 24.8. The number of hydrogen-bond donors (Lipinski definition) is 2. The van der Waals surface area contributed by atoms with Crippen molar-refractivity contribution in [3.8, 4) is 40.2 Å². The first-order valence-electron chi connectivity index (χ1n) is 20.1. The van der Waals surface area contributed by atoms with Crippen LogP contribution >= 0.6 is 40.6 Å². The minimum atomic E-state index is -6.24. The zero-order valence-electron chi connectivity index (χ0n) is 35.5. The third-order valence-corrected chi connectivity index (χ3v) is 23.9. The van der Waals surface area contributed by atoms with Gasteiger partial charge in [-0.2, -0.15) is 0 Å². The van der Waals surface area contributed by atoms with Crippen LogP contribution in [0.25, 0.3) is 0 Å². The summed E-state index contributed by atoms with van der Waals surface area (Å²) in [6.07, 6.45) is 0. The van der Waals surface area contributed by atoms with Crippen molar-refractivity contribution in [3.05, 3.63) is 212 Å². The molecule has 0 radical (unpaired) electrons. The van der Waals surface area contributed by atoms with Gasteiger partial charge >= 0.3 is 384 Å². The molecule has 1 aliphatic rings. The van der Waals surface area contributed by atoms with E-state index >= 15 is 0 Å². The molecule has 15 nitrogen and oxygen atoms in total. The summed E-state index contributed by atoms with van der Waals surface area (Å²) in [5.74, 6) is 2.04. The predicted molar refractivity (Wildman–Crippen MR) is 260 cm³/mol. The van der Waals surface area contributed by atoms with Crippen LogP contribution in [0, 0.1) is 0 Å². The summed E-state index contributed by atoms with van der Waals surface area (Å²) in [6.45, 7) is 0. The zero-order valence-corrected chi connectivity index (χ0v) is 40.2. The summed E-state index contributed by atoms with van der Waals surface area (Å²) < 4.78 is 66.9. The Morgan fingerprint density at radius 2 is 0.754 bits per heavy atom. The molecular weight excluding hydrogens is 925 g/mol. The van der Waals surface area contributed by atoms with Crippen LogP contribution in [0.2, 0.25) is 0 Å². The zero-order chi connectivity index (χ0) is 44.9. The molecule has 0 amide bonds. The van der Waals surface area contributed by atoms with Gasteiger partial charge in [-0.1, -0.05) is 0 Å². The van der Waals surface area contributed by atoms with Gasteiger partial charge in [-0.05, 0) is 0 Å². The summed E-state index contributed by atoms with van der Waals surface area (Å²) in [5.41, 5.74) is 0. The quantitative estimate of drug-likeness (QED) is 0.0838. The van der Waals surface area contributed by atoms with Crippen molar-refractivity contribution in [2.24, 2.45) is 4.52 Å². The third kappa shape index (κ3) is 9.71. The van der Waals surface area contributed by atoms with E-state index in [0.717, 1.165) is 0 Å². The summed E-state index contributed by atoms with van der Waals surface area (Å²) >= 11 is 0. The molecule has 0 saturated carbocycles. The van der Waals surface area contributed by atoms with Crippen LogP contribution in [0.5, 0.6) is 40.2 Å². The van der Waals surface area contributed by atoms with Crippen LogP contribution in [-0.2, 0) is 14.2 Å². The van der Waals surface area contributed by atoms with Gasteiger partial charge in [-0.25, -0.2) is 0 Å². The molecule has 0 spiro atoms. The van der Waals surface area contributed by atoms with E-state index in [1.807, 2.05) is 103 Å². The van der Waals surface area contributed by atoms with E-state index in [1.165, 1.54) is 30.5 Å². The number of nitrogens with one attached hydrogen (secondary N) is 2. The normalized spacial score (nSPS) is 19.6. The fourth-order valence-electron chi connectivity index (χ4n) is 6.64. The first-order valence-corrected chi connectivity index (χ1v) is 27.4. The number of rotatable bonds is 17. The van der Waals surface area contributed by atoms with Gasteiger partial charge in [0.15, 0.2) is 0 Å². The molecule has 2 N–H and O–H groups in total. The summed E-state index contributed by atoms with van der Waals surface area (Å²) in [6, 6.07) is 63.1. The molecule has 8 rings (SSSR count). The third-order valence-electron chi connectivity index (χ3n) is 9.23. The molecule has 0 fully saturated rings. The van der Waals surface area contributed by atoms with Crippen molar-refractivity contribution >= 4 is 40.6 Å². The Morgan fingerprint density at radius 3 is 1.06 bits per heavy atom. The van der Waals surface area contributed by atoms with E-state index in [1.54, 1.807) is 109 Å². The van der Waals surface area contributed by atoms with E-state index in [-0.39, 0.29) is 11.5 Å². The number of nitrogens with zero attached hydrogens (tertiary/aromatic N) is 3. The molecule has 7 aromatic rings. The summed E-state index contributed by atoms with van der Waals surface area (Å²) in [4.78, 5) is 20.7. The predicted octanol–water partition coefficient (Wildman–Crippen LogP) is 13.3. The molecule has 2 atom stereocenters. The van der Waals surface area contributed by atoms with Gasteiger partial charge in [0.25, 0.3) is 0 Å². The van der Waals surface area contributed by atoms with Crippen LogP contribution < -0.4 is 41.4 Å². The Hall–Kier alpha value is -5.19. The topological polar surface area (TPSA) is 135 Å². The first-order chi connectivity index (χ1) is 31.8. The Morgan fingerprint density at radius 1 is 0.431 bits per heavy atom. The van der Waals surface area contributed by atoms with Gasteiger partial charge in [0, 0.05) is 0 Å². The van der Waals surface area contributed by atoms with Crippen molar-refractivity contribution < 1.29 is 45.9 Å². The van der Waals surface area contributed by atoms with Crippen molar-refractivity contribution in [1.29, 1.82) is 0 Å². The van der Waals surface area contributed by atoms with Crippen LogP contribution in [0.3, 0.4) is 0 Å². The van der Waals surface area contributed by atoms with Crippen molar-refractivity contribution in [1.82, 2.24) is 18.9 Å². The van der Waals surface area contributed by atoms with E-state index in [4.69, 9.17) is 50.4 Å². The number of benzene rings is 7. The average molecular weight is 974 g/mol. The maximum absolute atomic E-state index is 7.58. The molecule has 338 valence electrons. The SMILES string of the molecule is CON1P(Oc2ccccc2)(Oc2ccccc2)=NPNPNP(Oc2ccccc2)(Oc2ccccc2)(Oc2ccccc2)N(OC)P1(OC)(Oc1ccccc1)Oc1ccccc1. The molecule has 0 aromatic heterocycles. The summed E-state index contributed by atoms with van der Waals surface area (Å²) in [7, 11) is -13.2. The molecule has 1 heterocycles. The van der Waals surface area contributed by atoms with Crippen LogP contribution in [0.15, 0.2) is 217 Å². The van der Waals surface area contributed by atoms with E-state index in [2.05, 4.69) is 9.72 Å². The molecule has 1 aliphatic heterocycles. The van der Waals surface area contributed by atoms with E-state index in [0.29, 0.717) is 28.7 Å². The minimum absolute atomic E-state index is 0.223. The van der Waals surface area contributed by atoms with Crippen molar-refractivity contribution in [3.63, 3.8) is 0 Å². The van der Waals surface area contributed by atoms with E-state index in [9.17, 15) is 0 Å². The van der Waals surface area contributed by atoms with Gasteiger partial charge < -0.3 is 0 Å². The van der Waals surface area contributed by atoms with Gasteiger partial charge in [-0.3, -0.25) is 0 Å². The van der Waals surface area contributed by atoms with Gasteiger partial charge in [0.05, 0.1) is 0 Å². The number of hydrogen-bond acceptors (Lipinski definition) is 15. The molecule has 2 unspecified atom stereocenters. The Bertz CT molecular complexity index is 2440. The first kappa shape index (κ1) is 46.3. The van der Waals surface area contributed by atoms with E-state index < -0.39 is 40.6 Å². The molecule has 0 aliphatic carbocycles. The van der Waals surface area contributed by atoms with Gasteiger partial charge in [0.1, 0.15) is 0 Å². The average Bonchev–Trinajstić information content (AvgIpc) is 3.34. The maximum atomic E-state index is 7.58. The second kappa shape index (κ2) is 20.5. The summed E-state index contributed by atoms with van der Waals surface area (Å²) in [5, 5.41) is 0. The van der Waals surface area contributed by atoms with Crippen LogP contribution in [0.1, 0.15) is 0 Å². The molecule has 0 saturated heterocycles. The van der Waals surface area contributed by atoms with Crippen molar-refractivity contribution in [2.75, 3.05) is 21.3 Å². The molecule has 7 aromatic carbocycles. The molecule has 20 heteroatoms. The van der Waals surface area contributed by atoms with Gasteiger partial charge in [0.2, 0.25) is 0 Å². The second-order valence-electron chi connectivity index (χ2n) is 13.6. The Kier molecular flexibility index (Phi) is 14.6. The van der Waals surface area contributed by atoms with Crippen molar-refractivity contribution in [2.45, 2.75) is 0 Å². The fourth-order valence-corrected chi connectivity index (χ4v) is 23.1. The van der Waals surface area contributed by atoms with Crippen LogP contribution in [-0.4, -0.2) is 30.5 Å². The monoisotopic (exact) mass is 973 g/mol. The fraction of sp³-hybridized carbons (Fsp3) is 0.0667. The Labute approximate surface area is 382 Å². The number of para-hydroxylation sites is 7. The van der Waals surface area contributed by atoms with Crippen LogP contribution in [0.4, 0.5) is 0 Å². The van der Waals surface area contributed by atoms with Gasteiger partial charge in [-0.15, -0.1) is 0 Å². The molecular formula is C45H48N5O10P5. The standard InChI is InChI=1S/C45H48N5O10P5/c1-51-49-63(54-39-25-11-4-12-26-39,55-40-27-13-5-14-28-40)47-61-46-62-48-64(56-41-29-15-6-16-30-41,57-42-31-17-7-18-32-42,58-43-33-19-8-20-34-43)50(52-2)65(49,53-3,59-44-35-21-9-22-36-44)60-45-37-23-10-24-38-45/h4-38,46,48,61-62H,1-3H3. The Balaban J connectivity index is 1.59. The molecule has 0 bridgehead atoms.